The lowest BCUT2D eigenvalue weighted by Crippen LogP contribution is -1.99. The number of fused-ring (bicyclic) bond motifs is 1. The summed E-state index contributed by atoms with van der Waals surface area (Å²) < 4.78 is 16.4. The van der Waals surface area contributed by atoms with Gasteiger partial charge in [-0.2, -0.15) is 0 Å². The van der Waals surface area contributed by atoms with Crippen molar-refractivity contribution in [3.8, 4) is 17.2 Å². The van der Waals surface area contributed by atoms with Crippen LogP contribution in [0.2, 0.25) is 0 Å². The van der Waals surface area contributed by atoms with Crippen molar-refractivity contribution < 1.29 is 19.0 Å². The van der Waals surface area contributed by atoms with Crippen LogP contribution in [0, 0.1) is 0 Å². The highest BCUT2D eigenvalue weighted by Gasteiger charge is 2.11. The van der Waals surface area contributed by atoms with Crippen molar-refractivity contribution in [1.29, 1.82) is 0 Å². The molecule has 6 heteroatoms. The molecule has 0 amide bonds. The summed E-state index contributed by atoms with van der Waals surface area (Å²) in [5.74, 6) is 2.13. The highest BCUT2D eigenvalue weighted by Crippen LogP contribution is 2.34. The Morgan fingerprint density at radius 3 is 2.76 bits per heavy atom. The van der Waals surface area contributed by atoms with Crippen molar-refractivity contribution in [1.82, 2.24) is 0 Å². The Morgan fingerprint density at radius 2 is 1.95 bits per heavy atom. The predicted molar refractivity (Wildman–Crippen MR) is 78.3 cm³/mol. The molecule has 1 aliphatic heterocycles. The molecule has 21 heavy (non-hydrogen) atoms. The lowest BCUT2D eigenvalue weighted by Gasteiger charge is -2.08. The van der Waals surface area contributed by atoms with Crippen LogP contribution in [-0.2, 0) is 5.75 Å². The normalized spacial score (nSPS) is 13.7. The summed E-state index contributed by atoms with van der Waals surface area (Å²) in [6.45, 7) is 1.31. The minimum Gasteiger partial charge on any atom is -0.502 e. The highest BCUT2D eigenvalue weighted by molar-refractivity contribution is 7.98. The summed E-state index contributed by atoms with van der Waals surface area (Å²) in [4.78, 5) is 12.3. The van der Waals surface area contributed by atoms with Crippen LogP contribution in [0.15, 0.2) is 44.6 Å². The Labute approximate surface area is 125 Å². The number of benzene rings is 1. The van der Waals surface area contributed by atoms with Gasteiger partial charge in [-0.05, 0) is 18.2 Å². The second-order valence-corrected chi connectivity index (χ2v) is 5.59. The molecule has 0 saturated heterocycles. The summed E-state index contributed by atoms with van der Waals surface area (Å²) >= 11 is 1.52. The van der Waals surface area contributed by atoms with Gasteiger partial charge >= 0.3 is 0 Å². The molecular weight excluding hydrogens is 292 g/mol. The molecule has 1 aliphatic rings. The zero-order chi connectivity index (χ0) is 14.7. The van der Waals surface area contributed by atoms with E-state index in [-0.39, 0.29) is 5.75 Å². The van der Waals surface area contributed by atoms with Crippen LogP contribution >= 0.6 is 11.8 Å². The molecule has 0 radical (unpaired) electrons. The topological polar surface area (TPSA) is 68.9 Å². The second kappa shape index (κ2) is 6.13. The van der Waals surface area contributed by atoms with E-state index >= 15 is 0 Å². The smallest absolute Gasteiger partial charge is 0.226 e. The van der Waals surface area contributed by atoms with Crippen LogP contribution < -0.4 is 14.9 Å². The van der Waals surface area contributed by atoms with Gasteiger partial charge in [0, 0.05) is 17.4 Å². The molecular formula is C15H14O5S. The van der Waals surface area contributed by atoms with E-state index in [1.165, 1.54) is 17.8 Å². The standard InChI is InChI=1S/C15H14O5S/c16-12-6-10(20-8-13(12)17)9-21-11-2-3-14-15(7-11)19-5-1-4-18-14/h2-3,6-8,17H,1,4-5,9H2. The fraction of sp³-hybridized carbons (Fsp3) is 0.267. The first kappa shape index (κ1) is 13.9. The SMILES string of the molecule is O=c1cc(CSc2ccc3c(c2)OCCCO3)occ1O. The van der Waals surface area contributed by atoms with Gasteiger partial charge in [0.15, 0.2) is 17.2 Å². The summed E-state index contributed by atoms with van der Waals surface area (Å²) in [5.41, 5.74) is -0.435. The van der Waals surface area contributed by atoms with Crippen molar-refractivity contribution in [3.05, 3.63) is 46.5 Å². The number of aromatic hydroxyl groups is 1. The molecule has 0 saturated carbocycles. The maximum absolute atomic E-state index is 11.3. The van der Waals surface area contributed by atoms with Gasteiger partial charge in [-0.15, -0.1) is 11.8 Å². The van der Waals surface area contributed by atoms with E-state index in [2.05, 4.69) is 0 Å². The van der Waals surface area contributed by atoms with Gasteiger partial charge in [0.05, 0.1) is 19.0 Å². The summed E-state index contributed by atoms with van der Waals surface area (Å²) in [6, 6.07) is 7.04. The van der Waals surface area contributed by atoms with Gasteiger partial charge in [-0.1, -0.05) is 0 Å². The molecule has 5 nitrogen and oxygen atoms in total. The summed E-state index contributed by atoms with van der Waals surface area (Å²) in [6.07, 6.45) is 1.93. The van der Waals surface area contributed by atoms with Gasteiger partial charge in [0.1, 0.15) is 12.0 Å². The van der Waals surface area contributed by atoms with Crippen LogP contribution in [0.3, 0.4) is 0 Å². The molecule has 0 atom stereocenters. The van der Waals surface area contributed by atoms with E-state index in [4.69, 9.17) is 19.0 Å². The summed E-state index contributed by atoms with van der Waals surface area (Å²) in [5, 5.41) is 9.14. The van der Waals surface area contributed by atoms with E-state index in [0.717, 1.165) is 29.1 Å². The molecule has 2 aromatic rings. The van der Waals surface area contributed by atoms with E-state index < -0.39 is 5.43 Å². The van der Waals surface area contributed by atoms with Gasteiger partial charge in [0.2, 0.25) is 5.43 Å². The molecule has 0 spiro atoms. The number of rotatable bonds is 3. The average molecular weight is 306 g/mol. The van der Waals surface area contributed by atoms with Gasteiger partial charge in [-0.25, -0.2) is 0 Å². The van der Waals surface area contributed by atoms with Crippen LogP contribution in [-0.4, -0.2) is 18.3 Å². The van der Waals surface area contributed by atoms with Crippen molar-refractivity contribution in [2.75, 3.05) is 13.2 Å². The summed E-state index contributed by atoms with van der Waals surface area (Å²) in [7, 11) is 0. The van der Waals surface area contributed by atoms with E-state index in [1.807, 2.05) is 18.2 Å². The largest absolute Gasteiger partial charge is 0.502 e. The first-order valence-corrected chi connectivity index (χ1v) is 7.54. The lowest BCUT2D eigenvalue weighted by molar-refractivity contribution is 0.297. The van der Waals surface area contributed by atoms with Crippen molar-refractivity contribution in [2.45, 2.75) is 17.1 Å². The van der Waals surface area contributed by atoms with Gasteiger partial charge in [0.25, 0.3) is 0 Å². The molecule has 0 bridgehead atoms. The van der Waals surface area contributed by atoms with Crippen LogP contribution in [0.25, 0.3) is 0 Å². The van der Waals surface area contributed by atoms with E-state index in [0.29, 0.717) is 24.7 Å². The number of ether oxygens (including phenoxy) is 2. The molecule has 2 heterocycles. The number of hydrogen-bond donors (Lipinski definition) is 1. The Morgan fingerprint density at radius 1 is 1.14 bits per heavy atom. The first-order valence-electron chi connectivity index (χ1n) is 6.55. The Balaban J connectivity index is 1.71. The maximum Gasteiger partial charge on any atom is 0.226 e. The zero-order valence-corrected chi connectivity index (χ0v) is 12.0. The van der Waals surface area contributed by atoms with Crippen molar-refractivity contribution in [3.63, 3.8) is 0 Å². The monoisotopic (exact) mass is 306 g/mol. The van der Waals surface area contributed by atoms with Gasteiger partial charge < -0.3 is 19.0 Å². The van der Waals surface area contributed by atoms with Crippen LogP contribution in [0.1, 0.15) is 12.2 Å². The third-order valence-electron chi connectivity index (χ3n) is 2.97. The second-order valence-electron chi connectivity index (χ2n) is 4.54. The van der Waals surface area contributed by atoms with Crippen molar-refractivity contribution in [2.24, 2.45) is 0 Å². The minimum absolute atomic E-state index is 0.376. The quantitative estimate of drug-likeness (QED) is 0.879. The first-order chi connectivity index (χ1) is 10.2. The maximum atomic E-state index is 11.3. The third-order valence-corrected chi connectivity index (χ3v) is 3.98. The fourth-order valence-corrected chi connectivity index (χ4v) is 2.72. The average Bonchev–Trinajstić information content (AvgIpc) is 2.73. The number of thioether (sulfide) groups is 1. The Kier molecular flexibility index (Phi) is 4.06. The fourth-order valence-electron chi connectivity index (χ4n) is 1.91. The molecule has 1 aromatic carbocycles. The highest BCUT2D eigenvalue weighted by atomic mass is 32.2. The molecule has 3 rings (SSSR count). The third kappa shape index (κ3) is 3.33. The predicted octanol–water partition coefficient (Wildman–Crippen LogP) is 2.80. The minimum atomic E-state index is -0.435. The Bertz CT molecular complexity index is 695. The Hall–Kier alpha value is -2.08. The van der Waals surface area contributed by atoms with Crippen LogP contribution in [0.4, 0.5) is 0 Å². The molecule has 1 aromatic heterocycles. The van der Waals surface area contributed by atoms with E-state index in [1.54, 1.807) is 0 Å². The van der Waals surface area contributed by atoms with Gasteiger partial charge in [-0.3, -0.25) is 4.79 Å². The molecule has 0 aliphatic carbocycles. The van der Waals surface area contributed by atoms with Crippen LogP contribution in [0.5, 0.6) is 17.2 Å². The zero-order valence-electron chi connectivity index (χ0n) is 11.2. The molecule has 1 N–H and O–H groups in total. The van der Waals surface area contributed by atoms with E-state index in [9.17, 15) is 4.79 Å². The molecule has 0 fully saturated rings. The molecule has 0 unspecified atom stereocenters. The van der Waals surface area contributed by atoms with Crippen molar-refractivity contribution >= 4 is 11.8 Å². The lowest BCUT2D eigenvalue weighted by atomic mass is 10.3. The molecule has 110 valence electrons. The number of hydrogen-bond acceptors (Lipinski definition) is 6.